The first-order valence-electron chi connectivity index (χ1n) is 6.66. The summed E-state index contributed by atoms with van der Waals surface area (Å²) in [5.41, 5.74) is 9.55. The molecule has 120 valence electrons. The van der Waals surface area contributed by atoms with Crippen LogP contribution in [-0.2, 0) is 0 Å². The minimum atomic E-state index is -0.370. The average molecular weight is 334 g/mol. The maximum atomic E-state index is 11.9. The van der Waals surface area contributed by atoms with E-state index >= 15 is 0 Å². The molecule has 0 aliphatic rings. The molecule has 2 aromatic carbocycles. The molecule has 0 bridgehead atoms. The molecule has 0 radical (unpaired) electrons. The molecule has 2 aromatic rings. The lowest BCUT2D eigenvalue weighted by molar-refractivity contribution is 0.0955. The van der Waals surface area contributed by atoms with Crippen LogP contribution < -0.4 is 20.6 Å². The van der Waals surface area contributed by atoms with Gasteiger partial charge in [0, 0.05) is 16.8 Å². The maximum Gasteiger partial charge on any atom is 0.271 e. The quantitative estimate of drug-likeness (QED) is 0.500. The molecule has 0 aliphatic heterocycles. The van der Waals surface area contributed by atoms with Crippen LogP contribution in [0.15, 0.2) is 41.5 Å². The van der Waals surface area contributed by atoms with Crippen molar-refractivity contribution in [3.05, 3.63) is 52.5 Å². The van der Waals surface area contributed by atoms with Gasteiger partial charge in [-0.1, -0.05) is 17.7 Å². The summed E-state index contributed by atoms with van der Waals surface area (Å²) in [4.78, 5) is 11.9. The van der Waals surface area contributed by atoms with Gasteiger partial charge in [-0.15, -0.1) is 0 Å². The van der Waals surface area contributed by atoms with E-state index in [4.69, 9.17) is 26.8 Å². The number of methoxy groups -OCH3 is 2. The van der Waals surface area contributed by atoms with Gasteiger partial charge in [0.1, 0.15) is 0 Å². The zero-order valence-corrected chi connectivity index (χ0v) is 13.4. The van der Waals surface area contributed by atoms with Crippen molar-refractivity contribution in [1.82, 2.24) is 5.43 Å². The van der Waals surface area contributed by atoms with Crippen LogP contribution in [0.25, 0.3) is 0 Å². The molecule has 0 heterocycles. The van der Waals surface area contributed by atoms with Crippen molar-refractivity contribution in [2.45, 2.75) is 0 Å². The van der Waals surface area contributed by atoms with E-state index < -0.39 is 0 Å². The van der Waals surface area contributed by atoms with Crippen LogP contribution in [0, 0.1) is 0 Å². The summed E-state index contributed by atoms with van der Waals surface area (Å²) >= 11 is 6.22. The van der Waals surface area contributed by atoms with E-state index in [1.807, 2.05) is 0 Å². The van der Waals surface area contributed by atoms with Gasteiger partial charge in [-0.3, -0.25) is 4.79 Å². The number of nitrogens with two attached hydrogens (primary N) is 1. The van der Waals surface area contributed by atoms with E-state index in [0.29, 0.717) is 33.3 Å². The van der Waals surface area contributed by atoms with Gasteiger partial charge in [-0.05, 0) is 30.3 Å². The zero-order chi connectivity index (χ0) is 16.8. The van der Waals surface area contributed by atoms with Gasteiger partial charge in [-0.25, -0.2) is 5.43 Å². The van der Waals surface area contributed by atoms with Gasteiger partial charge in [-0.2, -0.15) is 5.10 Å². The van der Waals surface area contributed by atoms with Crippen LogP contribution in [-0.4, -0.2) is 26.3 Å². The van der Waals surface area contributed by atoms with E-state index in [1.165, 1.54) is 20.4 Å². The summed E-state index contributed by atoms with van der Waals surface area (Å²) in [6.07, 6.45) is 1.43. The summed E-state index contributed by atoms with van der Waals surface area (Å²) < 4.78 is 10.3. The minimum absolute atomic E-state index is 0.341. The third-order valence-electron chi connectivity index (χ3n) is 3.03. The fourth-order valence-corrected chi connectivity index (χ4v) is 2.19. The molecule has 0 saturated carbocycles. The highest BCUT2D eigenvalue weighted by Crippen LogP contribution is 2.36. The lowest BCUT2D eigenvalue weighted by Gasteiger charge is -2.10. The Bertz CT molecular complexity index is 747. The molecule has 0 saturated heterocycles. The largest absolute Gasteiger partial charge is 0.493 e. The lowest BCUT2D eigenvalue weighted by atomic mass is 10.2. The predicted molar refractivity (Wildman–Crippen MR) is 90.5 cm³/mol. The predicted octanol–water partition coefficient (Wildman–Crippen LogP) is 2.70. The van der Waals surface area contributed by atoms with Gasteiger partial charge in [0.05, 0.1) is 25.5 Å². The normalized spacial score (nSPS) is 10.6. The number of anilines is 1. The average Bonchev–Trinajstić information content (AvgIpc) is 2.55. The number of hydrazone groups is 1. The van der Waals surface area contributed by atoms with Gasteiger partial charge in [0.2, 0.25) is 0 Å². The summed E-state index contributed by atoms with van der Waals surface area (Å²) in [5, 5.41) is 4.23. The highest BCUT2D eigenvalue weighted by Gasteiger charge is 2.12. The summed E-state index contributed by atoms with van der Waals surface area (Å²) in [6.45, 7) is 0. The van der Waals surface area contributed by atoms with Gasteiger partial charge in [0.15, 0.2) is 11.5 Å². The number of ether oxygens (including phenoxy) is 2. The number of hydrogen-bond donors (Lipinski definition) is 2. The molecule has 6 nitrogen and oxygen atoms in total. The number of rotatable bonds is 5. The molecule has 23 heavy (non-hydrogen) atoms. The second-order valence-corrected chi connectivity index (χ2v) is 4.91. The van der Waals surface area contributed by atoms with E-state index in [-0.39, 0.29) is 5.91 Å². The Labute approximate surface area is 138 Å². The highest BCUT2D eigenvalue weighted by atomic mass is 35.5. The zero-order valence-electron chi connectivity index (χ0n) is 12.7. The highest BCUT2D eigenvalue weighted by molar-refractivity contribution is 6.34. The van der Waals surface area contributed by atoms with Crippen LogP contribution in [0.2, 0.25) is 5.02 Å². The molecule has 0 spiro atoms. The first kappa shape index (κ1) is 16.6. The van der Waals surface area contributed by atoms with Gasteiger partial charge >= 0.3 is 0 Å². The van der Waals surface area contributed by atoms with Gasteiger partial charge in [0.25, 0.3) is 5.91 Å². The van der Waals surface area contributed by atoms with Crippen molar-refractivity contribution in [2.75, 3.05) is 20.0 Å². The van der Waals surface area contributed by atoms with Crippen molar-refractivity contribution in [3.63, 3.8) is 0 Å². The van der Waals surface area contributed by atoms with Crippen LogP contribution in [0.4, 0.5) is 5.69 Å². The second kappa shape index (κ2) is 7.51. The van der Waals surface area contributed by atoms with Crippen LogP contribution in [0.3, 0.4) is 0 Å². The summed E-state index contributed by atoms with van der Waals surface area (Å²) in [6, 6.07) is 10.0. The second-order valence-electron chi connectivity index (χ2n) is 4.53. The monoisotopic (exact) mass is 333 g/mol. The number of amides is 1. The Kier molecular flexibility index (Phi) is 5.43. The molecule has 7 heteroatoms. The molecule has 0 atom stereocenters. The standard InChI is InChI=1S/C16H16ClN3O3/c1-22-13-7-6-11(14(17)15(13)23-2)9-19-20-16(21)10-4-3-5-12(18)8-10/h3-9H,18H2,1-2H3,(H,20,21)/b19-9-. The maximum absolute atomic E-state index is 11.9. The number of nitrogens with zero attached hydrogens (tertiary/aromatic N) is 1. The van der Waals surface area contributed by atoms with Crippen molar-refractivity contribution >= 4 is 29.4 Å². The minimum Gasteiger partial charge on any atom is -0.493 e. The third kappa shape index (κ3) is 3.92. The molecule has 1 amide bonds. The van der Waals surface area contributed by atoms with Crippen LogP contribution >= 0.6 is 11.6 Å². The Balaban J connectivity index is 2.13. The molecular formula is C16H16ClN3O3. The molecule has 0 unspecified atom stereocenters. The smallest absolute Gasteiger partial charge is 0.271 e. The molecule has 0 fully saturated rings. The van der Waals surface area contributed by atoms with E-state index in [2.05, 4.69) is 10.5 Å². The summed E-state index contributed by atoms with van der Waals surface area (Å²) in [7, 11) is 3.01. The van der Waals surface area contributed by atoms with Crippen LogP contribution in [0.5, 0.6) is 11.5 Å². The van der Waals surface area contributed by atoms with Gasteiger partial charge < -0.3 is 15.2 Å². The Morgan fingerprint density at radius 3 is 2.70 bits per heavy atom. The number of nitrogens with one attached hydrogen (secondary N) is 1. The molecule has 2 rings (SSSR count). The number of nitrogen functional groups attached to an aromatic ring is 1. The van der Waals surface area contributed by atoms with Crippen molar-refractivity contribution < 1.29 is 14.3 Å². The number of benzene rings is 2. The Morgan fingerprint density at radius 2 is 2.04 bits per heavy atom. The van der Waals surface area contributed by atoms with Crippen molar-refractivity contribution in [3.8, 4) is 11.5 Å². The SMILES string of the molecule is COc1ccc(/C=N\NC(=O)c2cccc(N)c2)c(Cl)c1OC. The Morgan fingerprint density at radius 1 is 1.26 bits per heavy atom. The fourth-order valence-electron chi connectivity index (χ4n) is 1.91. The summed E-state index contributed by atoms with van der Waals surface area (Å²) in [5.74, 6) is 0.545. The van der Waals surface area contributed by atoms with Crippen molar-refractivity contribution in [2.24, 2.45) is 5.10 Å². The van der Waals surface area contributed by atoms with E-state index in [1.54, 1.807) is 36.4 Å². The van der Waals surface area contributed by atoms with Crippen molar-refractivity contribution in [1.29, 1.82) is 0 Å². The topological polar surface area (TPSA) is 85.9 Å². The van der Waals surface area contributed by atoms with Crippen LogP contribution in [0.1, 0.15) is 15.9 Å². The molecular weight excluding hydrogens is 318 g/mol. The number of carbonyl (C=O) groups excluding carboxylic acids is 1. The number of hydrogen-bond acceptors (Lipinski definition) is 5. The molecule has 0 aliphatic carbocycles. The number of carbonyl (C=O) groups is 1. The van der Waals surface area contributed by atoms with E-state index in [0.717, 1.165) is 0 Å². The Hall–Kier alpha value is -2.73. The molecule has 0 aromatic heterocycles. The fraction of sp³-hybridized carbons (Fsp3) is 0.125. The number of halogens is 1. The lowest BCUT2D eigenvalue weighted by Crippen LogP contribution is -2.17. The van der Waals surface area contributed by atoms with E-state index in [9.17, 15) is 4.79 Å². The molecule has 3 N–H and O–H groups in total. The first-order chi connectivity index (χ1) is 11.1. The first-order valence-corrected chi connectivity index (χ1v) is 7.04. The third-order valence-corrected chi connectivity index (χ3v) is 3.42.